The largest absolute Gasteiger partial charge is 0.396 e. The minimum atomic E-state index is -3.42. The topological polar surface area (TPSA) is 57.6 Å². The summed E-state index contributed by atoms with van der Waals surface area (Å²) < 4.78 is 26.1. The number of aliphatic hydroxyl groups is 1. The highest BCUT2D eigenvalue weighted by Crippen LogP contribution is 2.23. The Balaban J connectivity index is 3.02. The third-order valence-electron chi connectivity index (χ3n) is 2.67. The van der Waals surface area contributed by atoms with E-state index in [2.05, 4.69) is 0 Å². The molecule has 4 nitrogen and oxygen atoms in total. The molecule has 0 aromatic heterocycles. The van der Waals surface area contributed by atoms with Crippen LogP contribution in [0.2, 0.25) is 0 Å². The van der Waals surface area contributed by atoms with E-state index in [1.54, 1.807) is 32.9 Å². The van der Waals surface area contributed by atoms with Gasteiger partial charge in [-0.25, -0.2) is 8.42 Å². The molecule has 0 radical (unpaired) electrons. The maximum absolute atomic E-state index is 12.4. The Morgan fingerprint density at radius 2 is 1.78 bits per heavy atom. The quantitative estimate of drug-likeness (QED) is 0.859. The van der Waals surface area contributed by atoms with Gasteiger partial charge in [-0.1, -0.05) is 32.0 Å². The van der Waals surface area contributed by atoms with E-state index in [9.17, 15) is 13.5 Å². The van der Waals surface area contributed by atoms with Crippen LogP contribution >= 0.6 is 0 Å². The van der Waals surface area contributed by atoms with Gasteiger partial charge in [0, 0.05) is 18.6 Å². The van der Waals surface area contributed by atoms with Crippen LogP contribution in [0.4, 0.5) is 5.69 Å². The first-order valence-electron chi connectivity index (χ1n) is 5.99. The van der Waals surface area contributed by atoms with Crippen molar-refractivity contribution in [2.75, 3.05) is 23.2 Å². The molecule has 0 amide bonds. The van der Waals surface area contributed by atoms with Crippen molar-refractivity contribution < 1.29 is 13.5 Å². The molecule has 0 atom stereocenters. The number of nitrogens with zero attached hydrogens (tertiary/aromatic N) is 1. The number of hydrogen-bond donors (Lipinski definition) is 1. The van der Waals surface area contributed by atoms with E-state index < -0.39 is 15.4 Å². The first-order valence-corrected chi connectivity index (χ1v) is 7.59. The molecule has 0 fully saturated rings. The molecule has 0 heterocycles. The van der Waals surface area contributed by atoms with Gasteiger partial charge >= 0.3 is 0 Å². The summed E-state index contributed by atoms with van der Waals surface area (Å²) in [6.07, 6.45) is 0. The van der Waals surface area contributed by atoms with Crippen LogP contribution in [0.5, 0.6) is 0 Å². The van der Waals surface area contributed by atoms with Gasteiger partial charge in [-0.05, 0) is 19.1 Å². The third kappa shape index (κ3) is 3.71. The lowest BCUT2D eigenvalue weighted by molar-refractivity contribution is 0.178. The molecule has 0 aliphatic heterocycles. The highest BCUT2D eigenvalue weighted by atomic mass is 32.2. The van der Waals surface area contributed by atoms with Crippen molar-refractivity contribution in [1.29, 1.82) is 0 Å². The number of para-hydroxylation sites is 1. The molecule has 0 unspecified atom stereocenters. The molecule has 18 heavy (non-hydrogen) atoms. The van der Waals surface area contributed by atoms with Crippen LogP contribution in [-0.4, -0.2) is 32.4 Å². The predicted octanol–water partition coefficient (Wildman–Crippen LogP) is 1.86. The highest BCUT2D eigenvalue weighted by molar-refractivity contribution is 7.92. The lowest BCUT2D eigenvalue weighted by atomic mass is 9.98. The number of sulfonamides is 1. The molecule has 1 aromatic rings. The molecular weight excluding hydrogens is 250 g/mol. The van der Waals surface area contributed by atoms with Gasteiger partial charge in [0.05, 0.1) is 11.4 Å². The van der Waals surface area contributed by atoms with Crippen LogP contribution in [0.3, 0.4) is 0 Å². The van der Waals surface area contributed by atoms with Gasteiger partial charge < -0.3 is 5.11 Å². The minimum Gasteiger partial charge on any atom is -0.396 e. The van der Waals surface area contributed by atoms with Crippen molar-refractivity contribution in [3.8, 4) is 0 Å². The summed E-state index contributed by atoms with van der Waals surface area (Å²) in [6, 6.07) is 9.01. The Morgan fingerprint density at radius 1 is 1.22 bits per heavy atom. The Labute approximate surface area is 109 Å². The maximum Gasteiger partial charge on any atom is 0.235 e. The second-order valence-corrected chi connectivity index (χ2v) is 6.97. The van der Waals surface area contributed by atoms with Gasteiger partial charge in [0.1, 0.15) is 0 Å². The smallest absolute Gasteiger partial charge is 0.235 e. The molecule has 0 saturated carbocycles. The molecule has 5 heteroatoms. The van der Waals surface area contributed by atoms with E-state index in [0.717, 1.165) is 0 Å². The SMILES string of the molecule is CCN(c1ccccc1)S(=O)(=O)CC(C)(C)CO. The molecule has 0 aliphatic rings. The van der Waals surface area contributed by atoms with Crippen molar-refractivity contribution >= 4 is 15.7 Å². The number of rotatable bonds is 6. The van der Waals surface area contributed by atoms with Crippen LogP contribution in [0.1, 0.15) is 20.8 Å². The van der Waals surface area contributed by atoms with Gasteiger partial charge in [0.15, 0.2) is 0 Å². The monoisotopic (exact) mass is 271 g/mol. The summed E-state index contributed by atoms with van der Waals surface area (Å²) in [5.74, 6) is -0.0702. The van der Waals surface area contributed by atoms with Crippen LogP contribution < -0.4 is 4.31 Å². The van der Waals surface area contributed by atoms with E-state index in [4.69, 9.17) is 0 Å². The fourth-order valence-electron chi connectivity index (χ4n) is 1.75. The zero-order chi connectivity index (χ0) is 13.8. The molecule has 1 N–H and O–H groups in total. The lowest BCUT2D eigenvalue weighted by Crippen LogP contribution is -2.39. The Morgan fingerprint density at radius 3 is 2.22 bits per heavy atom. The Hall–Kier alpha value is -1.07. The van der Waals surface area contributed by atoms with E-state index in [0.29, 0.717) is 12.2 Å². The van der Waals surface area contributed by atoms with Crippen LogP contribution in [-0.2, 0) is 10.0 Å². The first-order chi connectivity index (χ1) is 8.32. The lowest BCUT2D eigenvalue weighted by Gasteiger charge is -2.28. The van der Waals surface area contributed by atoms with Gasteiger partial charge in [0.25, 0.3) is 0 Å². The summed E-state index contributed by atoms with van der Waals surface area (Å²) in [5.41, 5.74) is 0.0230. The zero-order valence-electron chi connectivity index (χ0n) is 11.1. The van der Waals surface area contributed by atoms with E-state index in [1.165, 1.54) is 4.31 Å². The molecule has 0 saturated heterocycles. The van der Waals surface area contributed by atoms with Gasteiger partial charge in [-0.2, -0.15) is 0 Å². The average molecular weight is 271 g/mol. The average Bonchev–Trinajstić information content (AvgIpc) is 2.29. The van der Waals surface area contributed by atoms with Crippen molar-refractivity contribution in [2.45, 2.75) is 20.8 Å². The van der Waals surface area contributed by atoms with Crippen molar-refractivity contribution in [1.82, 2.24) is 0 Å². The van der Waals surface area contributed by atoms with E-state index in [-0.39, 0.29) is 12.4 Å². The van der Waals surface area contributed by atoms with Crippen molar-refractivity contribution in [3.63, 3.8) is 0 Å². The number of aliphatic hydroxyl groups excluding tert-OH is 1. The molecular formula is C13H21NO3S. The Bertz CT molecular complexity index is 468. The van der Waals surface area contributed by atoms with E-state index in [1.807, 2.05) is 18.2 Å². The molecule has 0 spiro atoms. The summed E-state index contributed by atoms with van der Waals surface area (Å²) >= 11 is 0. The van der Waals surface area contributed by atoms with Gasteiger partial charge in [-0.15, -0.1) is 0 Å². The van der Waals surface area contributed by atoms with E-state index >= 15 is 0 Å². The summed E-state index contributed by atoms with van der Waals surface area (Å²) in [6.45, 7) is 5.51. The fraction of sp³-hybridized carbons (Fsp3) is 0.538. The first kappa shape index (κ1) is 15.0. The van der Waals surface area contributed by atoms with Crippen molar-refractivity contribution in [3.05, 3.63) is 30.3 Å². The minimum absolute atomic E-state index is 0.0702. The fourth-order valence-corrected chi connectivity index (χ4v) is 3.82. The molecule has 102 valence electrons. The number of anilines is 1. The second-order valence-electron chi connectivity index (χ2n) is 5.08. The summed E-state index contributed by atoms with van der Waals surface area (Å²) in [4.78, 5) is 0. The molecule has 0 bridgehead atoms. The number of benzene rings is 1. The van der Waals surface area contributed by atoms with Crippen LogP contribution in [0, 0.1) is 5.41 Å². The number of hydrogen-bond acceptors (Lipinski definition) is 3. The molecule has 0 aliphatic carbocycles. The zero-order valence-corrected chi connectivity index (χ0v) is 11.9. The maximum atomic E-state index is 12.4. The second kappa shape index (κ2) is 5.71. The third-order valence-corrected chi connectivity index (χ3v) is 4.96. The van der Waals surface area contributed by atoms with Crippen LogP contribution in [0.25, 0.3) is 0 Å². The molecule has 1 aromatic carbocycles. The normalized spacial score (nSPS) is 12.4. The van der Waals surface area contributed by atoms with Gasteiger partial charge in [0.2, 0.25) is 10.0 Å². The van der Waals surface area contributed by atoms with Gasteiger partial charge in [-0.3, -0.25) is 4.31 Å². The standard InChI is InChI=1S/C13H21NO3S/c1-4-14(12-8-6-5-7-9-12)18(16,17)11-13(2,3)10-15/h5-9,15H,4,10-11H2,1-3H3. The predicted molar refractivity (Wildman–Crippen MR) is 74.1 cm³/mol. The van der Waals surface area contributed by atoms with Crippen molar-refractivity contribution in [2.24, 2.45) is 5.41 Å². The highest BCUT2D eigenvalue weighted by Gasteiger charge is 2.30. The molecule has 1 rings (SSSR count). The Kier molecular flexibility index (Phi) is 4.76. The summed E-state index contributed by atoms with van der Waals surface area (Å²) in [5, 5.41) is 9.20. The van der Waals surface area contributed by atoms with Crippen LogP contribution in [0.15, 0.2) is 30.3 Å². The summed E-state index contributed by atoms with van der Waals surface area (Å²) in [7, 11) is -3.42.